The number of rotatable bonds is 6. The minimum absolute atomic E-state index is 0.556. The number of nitrogens with one attached hydrogen (secondary N) is 2. The van der Waals surface area contributed by atoms with Crippen molar-refractivity contribution in [2.75, 3.05) is 20.2 Å². The molecule has 2 unspecified atom stereocenters. The zero-order valence-corrected chi connectivity index (χ0v) is 13.8. The van der Waals surface area contributed by atoms with Crippen LogP contribution < -0.4 is 10.6 Å². The highest BCUT2D eigenvalue weighted by molar-refractivity contribution is 5.79. The van der Waals surface area contributed by atoms with E-state index in [1.54, 1.807) is 0 Å². The lowest BCUT2D eigenvalue weighted by Crippen LogP contribution is -2.45. The van der Waals surface area contributed by atoms with Crippen LogP contribution in [-0.2, 0) is 11.3 Å². The Morgan fingerprint density at radius 1 is 1.27 bits per heavy atom. The number of hydrogen-bond acceptors (Lipinski definition) is 2. The molecule has 2 N–H and O–H groups in total. The molecule has 0 amide bonds. The van der Waals surface area contributed by atoms with Crippen molar-refractivity contribution in [3.8, 4) is 0 Å². The number of aliphatic imine (C=N–C) groups is 1. The zero-order valence-electron chi connectivity index (χ0n) is 13.8. The van der Waals surface area contributed by atoms with Gasteiger partial charge in [-0.25, -0.2) is 0 Å². The molecule has 22 heavy (non-hydrogen) atoms. The summed E-state index contributed by atoms with van der Waals surface area (Å²) in [5.41, 5.74) is 1.21. The Kier molecular flexibility index (Phi) is 7.23. The summed E-state index contributed by atoms with van der Waals surface area (Å²) in [5, 5.41) is 6.86. The van der Waals surface area contributed by atoms with Crippen LogP contribution in [0.2, 0.25) is 0 Å². The second-order valence-corrected chi connectivity index (χ2v) is 6.15. The van der Waals surface area contributed by atoms with E-state index in [2.05, 4.69) is 34.7 Å². The molecule has 1 aromatic rings. The Labute approximate surface area is 134 Å². The average molecular weight is 303 g/mol. The number of nitrogens with zero attached hydrogens (tertiary/aromatic N) is 1. The first-order chi connectivity index (χ1) is 10.8. The van der Waals surface area contributed by atoms with E-state index in [0.29, 0.717) is 19.3 Å². The highest BCUT2D eigenvalue weighted by Crippen LogP contribution is 2.23. The van der Waals surface area contributed by atoms with Crippen molar-refractivity contribution in [1.82, 2.24) is 10.6 Å². The van der Waals surface area contributed by atoms with Gasteiger partial charge in [-0.2, -0.15) is 0 Å². The van der Waals surface area contributed by atoms with Crippen LogP contribution in [0, 0.1) is 5.92 Å². The van der Waals surface area contributed by atoms with E-state index < -0.39 is 0 Å². The molecule has 4 nitrogen and oxygen atoms in total. The normalized spacial score (nSPS) is 22.4. The van der Waals surface area contributed by atoms with Crippen molar-refractivity contribution < 1.29 is 4.74 Å². The Hall–Kier alpha value is -1.55. The first kappa shape index (κ1) is 16.8. The van der Waals surface area contributed by atoms with Gasteiger partial charge >= 0.3 is 0 Å². The van der Waals surface area contributed by atoms with Crippen molar-refractivity contribution in [2.45, 2.75) is 45.3 Å². The van der Waals surface area contributed by atoms with Gasteiger partial charge in [-0.05, 0) is 24.3 Å². The van der Waals surface area contributed by atoms with E-state index in [9.17, 15) is 0 Å². The molecule has 1 aliphatic carbocycles. The highest BCUT2D eigenvalue weighted by Gasteiger charge is 2.19. The average Bonchev–Trinajstić information content (AvgIpc) is 2.54. The minimum atomic E-state index is 0.556. The Bertz CT molecular complexity index is 447. The molecule has 4 heteroatoms. The van der Waals surface area contributed by atoms with Crippen molar-refractivity contribution in [3.63, 3.8) is 0 Å². The molecule has 0 bridgehead atoms. The van der Waals surface area contributed by atoms with Gasteiger partial charge in [-0.1, -0.05) is 50.1 Å². The lowest BCUT2D eigenvalue weighted by atomic mass is 9.87. The quantitative estimate of drug-likeness (QED) is 0.482. The molecular formula is C18H29N3O. The van der Waals surface area contributed by atoms with E-state index in [-0.39, 0.29) is 0 Å². The largest absolute Gasteiger partial charge is 0.375 e. The summed E-state index contributed by atoms with van der Waals surface area (Å²) in [6.07, 6.45) is 5.16. The SMILES string of the molecule is CN=C(NCCOCc1ccccc1)NC1CCCC(C)C1. The number of ether oxygens (including phenoxy) is 1. The first-order valence-corrected chi connectivity index (χ1v) is 8.36. The molecule has 1 aromatic carbocycles. The summed E-state index contributed by atoms with van der Waals surface area (Å²) in [6, 6.07) is 10.8. The van der Waals surface area contributed by atoms with E-state index in [1.165, 1.54) is 31.2 Å². The standard InChI is InChI=1S/C18H29N3O/c1-15-7-6-10-17(13-15)21-18(19-2)20-11-12-22-14-16-8-4-3-5-9-16/h3-5,8-9,15,17H,6-7,10-14H2,1-2H3,(H2,19,20,21). The van der Waals surface area contributed by atoms with Crippen molar-refractivity contribution in [3.05, 3.63) is 35.9 Å². The fraction of sp³-hybridized carbons (Fsp3) is 0.611. The maximum atomic E-state index is 5.68. The van der Waals surface area contributed by atoms with Crippen LogP contribution in [0.5, 0.6) is 0 Å². The maximum absolute atomic E-state index is 5.68. The monoisotopic (exact) mass is 303 g/mol. The third kappa shape index (κ3) is 6.06. The Balaban J connectivity index is 1.60. The summed E-state index contributed by atoms with van der Waals surface area (Å²) in [4.78, 5) is 4.30. The summed E-state index contributed by atoms with van der Waals surface area (Å²) >= 11 is 0. The van der Waals surface area contributed by atoms with E-state index in [1.807, 2.05) is 25.2 Å². The van der Waals surface area contributed by atoms with Crippen LogP contribution in [0.15, 0.2) is 35.3 Å². The number of guanidine groups is 1. The van der Waals surface area contributed by atoms with Crippen LogP contribution in [-0.4, -0.2) is 32.2 Å². The molecule has 0 radical (unpaired) electrons. The molecule has 1 saturated carbocycles. The fourth-order valence-electron chi connectivity index (χ4n) is 2.96. The fourth-order valence-corrected chi connectivity index (χ4v) is 2.96. The van der Waals surface area contributed by atoms with Crippen LogP contribution in [0.4, 0.5) is 0 Å². The molecule has 1 aliphatic rings. The molecule has 0 aliphatic heterocycles. The summed E-state index contributed by atoms with van der Waals surface area (Å²) in [5.74, 6) is 1.71. The van der Waals surface area contributed by atoms with E-state index >= 15 is 0 Å². The molecule has 2 atom stereocenters. The predicted octanol–water partition coefficient (Wildman–Crippen LogP) is 2.95. The van der Waals surface area contributed by atoms with Crippen molar-refractivity contribution in [1.29, 1.82) is 0 Å². The lowest BCUT2D eigenvalue weighted by Gasteiger charge is -2.28. The molecule has 0 heterocycles. The van der Waals surface area contributed by atoms with Crippen molar-refractivity contribution in [2.24, 2.45) is 10.9 Å². The van der Waals surface area contributed by atoms with Gasteiger partial charge in [0.1, 0.15) is 0 Å². The molecule has 1 fully saturated rings. The van der Waals surface area contributed by atoms with Gasteiger partial charge in [0.2, 0.25) is 0 Å². The van der Waals surface area contributed by atoms with Crippen LogP contribution >= 0.6 is 0 Å². The lowest BCUT2D eigenvalue weighted by molar-refractivity contribution is 0.125. The molecule has 0 spiro atoms. The van der Waals surface area contributed by atoms with Gasteiger partial charge in [0.25, 0.3) is 0 Å². The van der Waals surface area contributed by atoms with Gasteiger partial charge in [0.05, 0.1) is 13.2 Å². The highest BCUT2D eigenvalue weighted by atomic mass is 16.5. The first-order valence-electron chi connectivity index (χ1n) is 8.36. The van der Waals surface area contributed by atoms with Gasteiger partial charge in [0, 0.05) is 19.6 Å². The third-order valence-electron chi connectivity index (χ3n) is 4.15. The summed E-state index contributed by atoms with van der Waals surface area (Å²) < 4.78 is 5.68. The molecule has 122 valence electrons. The smallest absolute Gasteiger partial charge is 0.191 e. The Morgan fingerprint density at radius 3 is 2.82 bits per heavy atom. The zero-order chi connectivity index (χ0) is 15.6. The summed E-state index contributed by atoms with van der Waals surface area (Å²) in [6.45, 7) is 4.45. The predicted molar refractivity (Wildman–Crippen MR) is 92.0 cm³/mol. The molecule has 2 rings (SSSR count). The van der Waals surface area contributed by atoms with Crippen LogP contribution in [0.25, 0.3) is 0 Å². The van der Waals surface area contributed by atoms with Gasteiger partial charge in [-0.3, -0.25) is 4.99 Å². The second-order valence-electron chi connectivity index (χ2n) is 6.15. The summed E-state index contributed by atoms with van der Waals surface area (Å²) in [7, 11) is 1.83. The van der Waals surface area contributed by atoms with Crippen LogP contribution in [0.3, 0.4) is 0 Å². The van der Waals surface area contributed by atoms with Gasteiger partial charge in [0.15, 0.2) is 5.96 Å². The topological polar surface area (TPSA) is 45.7 Å². The van der Waals surface area contributed by atoms with Crippen molar-refractivity contribution >= 4 is 5.96 Å². The second kappa shape index (κ2) is 9.46. The maximum Gasteiger partial charge on any atom is 0.191 e. The molecular weight excluding hydrogens is 274 g/mol. The van der Waals surface area contributed by atoms with Crippen LogP contribution in [0.1, 0.15) is 38.2 Å². The van der Waals surface area contributed by atoms with Gasteiger partial charge < -0.3 is 15.4 Å². The number of benzene rings is 1. The minimum Gasteiger partial charge on any atom is -0.375 e. The van der Waals surface area contributed by atoms with E-state index in [0.717, 1.165) is 18.4 Å². The molecule has 0 saturated heterocycles. The number of hydrogen-bond donors (Lipinski definition) is 2. The van der Waals surface area contributed by atoms with Gasteiger partial charge in [-0.15, -0.1) is 0 Å². The third-order valence-corrected chi connectivity index (χ3v) is 4.15. The molecule has 0 aromatic heterocycles. The Morgan fingerprint density at radius 2 is 2.09 bits per heavy atom. The van der Waals surface area contributed by atoms with E-state index in [4.69, 9.17) is 4.74 Å².